The van der Waals surface area contributed by atoms with Crippen molar-refractivity contribution in [2.45, 2.75) is 25.7 Å². The van der Waals surface area contributed by atoms with Crippen LogP contribution in [0.25, 0.3) is 11.2 Å². The van der Waals surface area contributed by atoms with Gasteiger partial charge < -0.3 is 9.40 Å². The van der Waals surface area contributed by atoms with Crippen LogP contribution in [-0.2, 0) is 27.9 Å². The molecule has 176 valence electrons. The molecule has 2 aromatic heterocycles. The number of oxime groups is 1. The van der Waals surface area contributed by atoms with Crippen LogP contribution in [0.2, 0.25) is 0 Å². The molecule has 0 fully saturated rings. The molecule has 0 amide bonds. The van der Waals surface area contributed by atoms with Crippen LogP contribution >= 0.6 is 0 Å². The summed E-state index contributed by atoms with van der Waals surface area (Å²) in [6.07, 6.45) is -4.41. The maximum atomic E-state index is 12.2. The molecule has 0 bridgehead atoms. The summed E-state index contributed by atoms with van der Waals surface area (Å²) >= 11 is 0. The fourth-order valence-corrected chi connectivity index (χ4v) is 3.23. The van der Waals surface area contributed by atoms with E-state index in [1.54, 1.807) is 11.6 Å². The van der Waals surface area contributed by atoms with E-state index in [1.165, 1.54) is 13.3 Å². The maximum absolute atomic E-state index is 12.2. The summed E-state index contributed by atoms with van der Waals surface area (Å²) < 4.78 is 96.7. The van der Waals surface area contributed by atoms with Crippen LogP contribution in [0.3, 0.4) is 0 Å². The first-order chi connectivity index (χ1) is 14.7. The minimum Gasteiger partial charge on any atom is -0.386 e. The topological polar surface area (TPSA) is 98.8 Å². The number of aromatic nitrogens is 3. The summed E-state index contributed by atoms with van der Waals surface area (Å²) in [7, 11) is -1.74. The second-order valence-corrected chi connectivity index (χ2v) is 8.68. The van der Waals surface area contributed by atoms with Gasteiger partial charge in [0.15, 0.2) is 15.5 Å². The van der Waals surface area contributed by atoms with Crippen molar-refractivity contribution in [3.05, 3.63) is 35.3 Å². The Kier molecular flexibility index (Phi) is 7.64. The molecule has 0 saturated heterocycles. The highest BCUT2D eigenvalue weighted by atomic mass is 32.2. The van der Waals surface area contributed by atoms with Crippen molar-refractivity contribution in [2.24, 2.45) is 17.2 Å². The minimum absolute atomic E-state index is 0.0156. The second kappa shape index (κ2) is 9.67. The van der Waals surface area contributed by atoms with E-state index in [0.29, 0.717) is 5.65 Å². The number of aliphatic imine (C=N–C) groups is 1. The molecule has 0 unspecified atom stereocenters. The Hall–Kier alpha value is -2.97. The zero-order valence-electron chi connectivity index (χ0n) is 16.6. The number of hydrogen-bond acceptors (Lipinski definition) is 7. The van der Waals surface area contributed by atoms with Gasteiger partial charge in [0.2, 0.25) is 6.61 Å². The summed E-state index contributed by atoms with van der Waals surface area (Å²) in [6, 6.07) is 0.988. The maximum Gasteiger partial charge on any atom is 0.425 e. The molecule has 8 nitrogen and oxygen atoms in total. The van der Waals surface area contributed by atoms with E-state index in [0.717, 1.165) is 24.7 Å². The number of aryl methyl sites for hydroxylation is 1. The molecule has 0 radical (unpaired) electrons. The highest BCUT2D eigenvalue weighted by Gasteiger charge is 2.31. The lowest BCUT2D eigenvalue weighted by Crippen LogP contribution is -2.18. The molecule has 0 N–H and O–H groups in total. The van der Waals surface area contributed by atoms with Crippen LogP contribution < -0.4 is 0 Å². The molecule has 0 aliphatic carbocycles. The van der Waals surface area contributed by atoms with Crippen LogP contribution in [0.15, 0.2) is 39.8 Å². The zero-order valence-corrected chi connectivity index (χ0v) is 17.5. The third-order valence-corrected chi connectivity index (χ3v) is 5.67. The number of fused-ring (bicyclic) bond motifs is 1. The third kappa shape index (κ3) is 7.03. The first kappa shape index (κ1) is 25.3. The molecule has 3 rings (SSSR count). The Balaban J connectivity index is 0.000000233. The van der Waals surface area contributed by atoms with Gasteiger partial charge in [-0.1, -0.05) is 12.1 Å². The first-order valence-corrected chi connectivity index (χ1v) is 10.4. The summed E-state index contributed by atoms with van der Waals surface area (Å²) in [5, 5.41) is 3.21. The molecule has 0 saturated carbocycles. The lowest BCUT2D eigenvalue weighted by molar-refractivity contribution is -0.173. The predicted octanol–water partition coefficient (Wildman–Crippen LogP) is 3.66. The van der Waals surface area contributed by atoms with Crippen molar-refractivity contribution in [3.63, 3.8) is 0 Å². The van der Waals surface area contributed by atoms with Crippen LogP contribution in [0, 0.1) is 0 Å². The molecule has 2 aromatic rings. The Morgan fingerprint density at radius 1 is 1.19 bits per heavy atom. The van der Waals surface area contributed by atoms with Gasteiger partial charge in [0, 0.05) is 25.9 Å². The molecule has 0 aromatic carbocycles. The smallest absolute Gasteiger partial charge is 0.386 e. The number of halogens is 6. The molecule has 1 aliphatic heterocycles. The first-order valence-electron chi connectivity index (χ1n) is 8.78. The molecule has 1 aliphatic rings. The number of allylic oxidation sites excluding steroid dienone is 1. The molecular weight excluding hydrogens is 468 g/mol. The average molecular weight is 485 g/mol. The summed E-state index contributed by atoms with van der Waals surface area (Å²) in [6.45, 7) is -0.0601. The molecule has 0 spiro atoms. The number of sulfone groups is 1. The van der Waals surface area contributed by atoms with Crippen molar-refractivity contribution < 1.29 is 39.6 Å². The van der Waals surface area contributed by atoms with Gasteiger partial charge in [-0.05, 0) is 6.07 Å². The van der Waals surface area contributed by atoms with E-state index in [4.69, 9.17) is 0 Å². The second-order valence-electron chi connectivity index (χ2n) is 6.34. The van der Waals surface area contributed by atoms with Crippen LogP contribution in [0.5, 0.6) is 0 Å². The van der Waals surface area contributed by atoms with Crippen LogP contribution in [0.1, 0.15) is 18.9 Å². The van der Waals surface area contributed by atoms with Gasteiger partial charge in [-0.2, -0.15) is 26.3 Å². The van der Waals surface area contributed by atoms with Gasteiger partial charge in [-0.3, -0.25) is 4.99 Å². The van der Waals surface area contributed by atoms with Crippen molar-refractivity contribution in [1.29, 1.82) is 0 Å². The Labute approximate surface area is 178 Å². The normalized spacial score (nSPS) is 16.0. The number of hydrogen-bond donors (Lipinski definition) is 0. The lowest BCUT2D eigenvalue weighted by atomic mass is 10.2. The predicted molar refractivity (Wildman–Crippen MR) is 104 cm³/mol. The van der Waals surface area contributed by atoms with E-state index in [-0.39, 0.29) is 28.3 Å². The van der Waals surface area contributed by atoms with E-state index >= 15 is 0 Å². The summed E-state index contributed by atoms with van der Waals surface area (Å²) in [4.78, 5) is 15.2. The number of alkyl halides is 6. The van der Waals surface area contributed by atoms with Gasteiger partial charge in [0.1, 0.15) is 11.2 Å². The largest absolute Gasteiger partial charge is 0.425 e. The van der Waals surface area contributed by atoms with E-state index < -0.39 is 34.4 Å². The molecular formula is C17H17F6N5O3S. The zero-order chi connectivity index (χ0) is 24.2. The number of imidazole rings is 1. The number of pyridine rings is 1. The van der Waals surface area contributed by atoms with Crippen LogP contribution in [-0.4, -0.2) is 53.4 Å². The molecule has 0 atom stereocenters. The molecule has 15 heteroatoms. The third-order valence-electron chi connectivity index (χ3n) is 3.87. The van der Waals surface area contributed by atoms with Crippen molar-refractivity contribution in [1.82, 2.24) is 14.5 Å². The fourth-order valence-electron chi connectivity index (χ4n) is 2.27. The van der Waals surface area contributed by atoms with Crippen molar-refractivity contribution in [3.8, 4) is 0 Å². The van der Waals surface area contributed by atoms with Crippen LogP contribution in [0.4, 0.5) is 26.3 Å². The van der Waals surface area contributed by atoms with Gasteiger partial charge >= 0.3 is 12.4 Å². The molecule has 32 heavy (non-hydrogen) atoms. The van der Waals surface area contributed by atoms with Gasteiger partial charge in [0.25, 0.3) is 0 Å². The standard InChI is InChI=1S/C9H11F3N2O3S.C8H6F3N3/c1-2-18(15,16)8-3-7(4-13-5-8)14-17-6-9(10,11)12;1-14-4-13-6-2-5(8(9,10)11)3-12-7(6)14/h4-5H,2-3,6H2,1H3;2-4H,1H3. The average Bonchev–Trinajstić information content (AvgIpc) is 3.07. The number of rotatable bonds is 4. The quantitative estimate of drug-likeness (QED) is 0.486. The lowest BCUT2D eigenvalue weighted by Gasteiger charge is -2.10. The van der Waals surface area contributed by atoms with E-state index in [2.05, 4.69) is 25.0 Å². The minimum atomic E-state index is -4.48. The summed E-state index contributed by atoms with van der Waals surface area (Å²) in [5.74, 6) is -0.106. The highest BCUT2D eigenvalue weighted by molar-refractivity contribution is 7.95. The monoisotopic (exact) mass is 485 g/mol. The van der Waals surface area contributed by atoms with Gasteiger partial charge in [0.05, 0.1) is 28.8 Å². The van der Waals surface area contributed by atoms with E-state index in [9.17, 15) is 34.8 Å². The summed E-state index contributed by atoms with van der Waals surface area (Å²) in [5.41, 5.74) is -0.0437. The van der Waals surface area contributed by atoms with Gasteiger partial charge in [-0.25, -0.2) is 18.4 Å². The Morgan fingerprint density at radius 3 is 2.47 bits per heavy atom. The fraction of sp³-hybridized carbons (Fsp3) is 0.412. The number of nitrogens with zero attached hydrogens (tertiary/aromatic N) is 5. The Morgan fingerprint density at radius 2 is 1.88 bits per heavy atom. The van der Waals surface area contributed by atoms with Crippen molar-refractivity contribution in [2.75, 3.05) is 12.4 Å². The van der Waals surface area contributed by atoms with Crippen molar-refractivity contribution >= 4 is 32.9 Å². The Bertz CT molecular complexity index is 1150. The van der Waals surface area contributed by atoms with E-state index in [1.807, 2.05) is 0 Å². The highest BCUT2D eigenvalue weighted by Crippen LogP contribution is 2.29. The SMILES string of the molecule is CCS(=O)(=O)C1=CN=CC(=NOCC(F)(F)F)C1.Cn1cnc2cc(C(F)(F)F)cnc21. The molecule has 3 heterocycles. The van der Waals surface area contributed by atoms with Gasteiger partial charge in [-0.15, -0.1) is 0 Å².